The fraction of sp³-hybridized carbons (Fsp3) is 0.364. The number of benzene rings is 1. The Morgan fingerprint density at radius 1 is 1.21 bits per heavy atom. The molecule has 0 aliphatic carbocycles. The number of hydrogen-bond acceptors (Lipinski definition) is 4. The number of hydrogen-bond donors (Lipinski definition) is 2. The number of nitrogens with one attached hydrogen (secondary N) is 2. The summed E-state index contributed by atoms with van der Waals surface area (Å²) in [5.74, 6) is -3.69. The van der Waals surface area contributed by atoms with Gasteiger partial charge in [0.1, 0.15) is 6.04 Å². The van der Waals surface area contributed by atoms with Crippen molar-refractivity contribution in [2.45, 2.75) is 23.6 Å². The molecule has 0 radical (unpaired) electrons. The van der Waals surface area contributed by atoms with Gasteiger partial charge in [-0.15, -0.1) is 0 Å². The lowest BCUT2D eigenvalue weighted by Gasteiger charge is -2.13. The first kappa shape index (κ1) is 15.4. The van der Waals surface area contributed by atoms with Crippen LogP contribution in [-0.2, 0) is 14.6 Å². The molecule has 8 heteroatoms. The monoisotopic (exact) mass is 292 g/mol. The number of likely N-dealkylation sites (N-methyl/N-ethyl adjacent to an activating group) is 1. The molecule has 1 aromatic carbocycles. The van der Waals surface area contributed by atoms with Crippen molar-refractivity contribution in [3.63, 3.8) is 0 Å². The average molecular weight is 292 g/mol. The highest BCUT2D eigenvalue weighted by atomic mass is 32.2. The largest absolute Gasteiger partial charge is 0.374 e. The molecule has 0 bridgehead atoms. The molecule has 5 nitrogen and oxygen atoms in total. The summed E-state index contributed by atoms with van der Waals surface area (Å²) < 4.78 is 47.0. The lowest BCUT2D eigenvalue weighted by atomic mass is 10.2. The summed E-state index contributed by atoms with van der Waals surface area (Å²) in [6, 6.07) is 4.27. The first-order chi connectivity index (χ1) is 8.78. The molecule has 0 aliphatic rings. The van der Waals surface area contributed by atoms with E-state index in [0.29, 0.717) is 5.69 Å². The lowest BCUT2D eigenvalue weighted by molar-refractivity contribution is -0.121. The minimum Gasteiger partial charge on any atom is -0.374 e. The molecule has 0 aromatic heterocycles. The number of carbonyl (C=O) groups excluding carboxylic acids is 1. The number of carbonyl (C=O) groups is 1. The van der Waals surface area contributed by atoms with E-state index in [1.54, 1.807) is 6.92 Å². The van der Waals surface area contributed by atoms with E-state index in [0.717, 1.165) is 12.1 Å². The zero-order chi connectivity index (χ0) is 14.6. The molecule has 0 spiro atoms. The maximum atomic E-state index is 12.3. The van der Waals surface area contributed by atoms with Crippen LogP contribution in [0.15, 0.2) is 29.2 Å². The van der Waals surface area contributed by atoms with E-state index in [-0.39, 0.29) is 5.91 Å². The second-order valence-corrected chi connectivity index (χ2v) is 5.73. The molecule has 1 aromatic rings. The predicted octanol–water partition coefficient (Wildman–Crippen LogP) is 1.23. The Kier molecular flexibility index (Phi) is 4.82. The van der Waals surface area contributed by atoms with Crippen molar-refractivity contribution in [1.29, 1.82) is 0 Å². The summed E-state index contributed by atoms with van der Waals surface area (Å²) >= 11 is 0. The quantitative estimate of drug-likeness (QED) is 0.856. The van der Waals surface area contributed by atoms with Gasteiger partial charge in [-0.2, -0.15) is 8.78 Å². The summed E-state index contributed by atoms with van der Waals surface area (Å²) in [5, 5.41) is 5.25. The van der Waals surface area contributed by atoms with Crippen molar-refractivity contribution < 1.29 is 22.0 Å². The molecule has 0 fully saturated rings. The molecule has 2 N–H and O–H groups in total. The van der Waals surface area contributed by atoms with Gasteiger partial charge in [0.05, 0.1) is 4.90 Å². The van der Waals surface area contributed by atoms with Crippen LogP contribution in [0.5, 0.6) is 0 Å². The molecule has 1 atom stereocenters. The number of anilines is 1. The summed E-state index contributed by atoms with van der Waals surface area (Å²) in [7, 11) is -3.10. The number of halogens is 2. The zero-order valence-corrected chi connectivity index (χ0v) is 11.2. The van der Waals surface area contributed by atoms with Crippen LogP contribution in [0.25, 0.3) is 0 Å². The van der Waals surface area contributed by atoms with Crippen LogP contribution >= 0.6 is 0 Å². The Morgan fingerprint density at radius 2 is 1.74 bits per heavy atom. The van der Waals surface area contributed by atoms with Crippen LogP contribution in [0, 0.1) is 0 Å². The number of rotatable bonds is 5. The molecule has 0 heterocycles. The van der Waals surface area contributed by atoms with Crippen molar-refractivity contribution in [3.8, 4) is 0 Å². The minimum absolute atomic E-state index is 0.246. The van der Waals surface area contributed by atoms with Crippen molar-refractivity contribution in [2.24, 2.45) is 0 Å². The topological polar surface area (TPSA) is 75.3 Å². The fourth-order valence-electron chi connectivity index (χ4n) is 1.38. The normalized spacial score (nSPS) is 13.1. The lowest BCUT2D eigenvalue weighted by Crippen LogP contribution is -2.35. The molecular weight excluding hydrogens is 278 g/mol. The second-order valence-electron chi connectivity index (χ2n) is 3.81. The fourth-order valence-corrected chi connectivity index (χ4v) is 2.10. The standard InChI is InChI=1S/C11H14F2N2O3S/c1-7(10(16)14-2)15-8-3-5-9(6-4-8)19(17,18)11(12)13/h3-7,11,15H,1-2H3,(H,14,16). The smallest absolute Gasteiger partial charge is 0.341 e. The third kappa shape index (κ3) is 3.63. The number of amides is 1. The molecule has 1 rings (SSSR count). The highest BCUT2D eigenvalue weighted by molar-refractivity contribution is 7.91. The van der Waals surface area contributed by atoms with Gasteiger partial charge in [0.15, 0.2) is 0 Å². The van der Waals surface area contributed by atoms with Crippen LogP contribution < -0.4 is 10.6 Å². The van der Waals surface area contributed by atoms with Gasteiger partial charge in [0.2, 0.25) is 15.7 Å². The van der Waals surface area contributed by atoms with E-state index in [9.17, 15) is 22.0 Å². The number of sulfone groups is 1. The van der Waals surface area contributed by atoms with Gasteiger partial charge in [-0.05, 0) is 31.2 Å². The first-order valence-electron chi connectivity index (χ1n) is 5.39. The number of alkyl halides is 2. The van der Waals surface area contributed by atoms with E-state index < -0.39 is 26.5 Å². The Bertz CT molecular complexity index is 544. The Morgan fingerprint density at radius 3 is 2.16 bits per heavy atom. The Labute approximate surface area is 109 Å². The second kappa shape index (κ2) is 5.96. The van der Waals surface area contributed by atoms with Crippen molar-refractivity contribution >= 4 is 21.4 Å². The van der Waals surface area contributed by atoms with Crippen molar-refractivity contribution in [3.05, 3.63) is 24.3 Å². The summed E-state index contributed by atoms with van der Waals surface area (Å²) in [4.78, 5) is 10.8. The third-order valence-electron chi connectivity index (χ3n) is 2.44. The molecular formula is C11H14F2N2O3S. The van der Waals surface area contributed by atoms with Crippen molar-refractivity contribution in [2.75, 3.05) is 12.4 Å². The molecule has 0 saturated heterocycles. The van der Waals surface area contributed by atoms with Gasteiger partial charge in [-0.3, -0.25) is 4.79 Å². The van der Waals surface area contributed by atoms with E-state index in [4.69, 9.17) is 0 Å². The molecule has 1 unspecified atom stereocenters. The SMILES string of the molecule is CNC(=O)C(C)Nc1ccc(S(=O)(=O)C(F)F)cc1. The van der Waals surface area contributed by atoms with E-state index >= 15 is 0 Å². The maximum Gasteiger partial charge on any atom is 0.341 e. The minimum atomic E-state index is -4.58. The van der Waals surface area contributed by atoms with E-state index in [1.807, 2.05) is 0 Å². The van der Waals surface area contributed by atoms with E-state index in [2.05, 4.69) is 10.6 Å². The van der Waals surface area contributed by atoms with Crippen LogP contribution in [0.3, 0.4) is 0 Å². The van der Waals surface area contributed by atoms with Crippen LogP contribution in [0.1, 0.15) is 6.92 Å². The van der Waals surface area contributed by atoms with Crippen LogP contribution in [-0.4, -0.2) is 33.2 Å². The molecule has 1 amide bonds. The van der Waals surface area contributed by atoms with Gasteiger partial charge in [0, 0.05) is 12.7 Å². The predicted molar refractivity (Wildman–Crippen MR) is 66.8 cm³/mol. The molecule has 19 heavy (non-hydrogen) atoms. The van der Waals surface area contributed by atoms with Crippen LogP contribution in [0.4, 0.5) is 14.5 Å². The highest BCUT2D eigenvalue weighted by Crippen LogP contribution is 2.20. The van der Waals surface area contributed by atoms with E-state index in [1.165, 1.54) is 19.2 Å². The van der Waals surface area contributed by atoms with Gasteiger partial charge in [0.25, 0.3) is 0 Å². The summed E-state index contributed by atoms with van der Waals surface area (Å²) in [5.41, 5.74) is 0.462. The Balaban J connectivity index is 2.86. The molecule has 0 saturated carbocycles. The van der Waals surface area contributed by atoms with Crippen LogP contribution in [0.2, 0.25) is 0 Å². The Hall–Kier alpha value is -1.70. The zero-order valence-electron chi connectivity index (χ0n) is 10.4. The molecule has 106 valence electrons. The first-order valence-corrected chi connectivity index (χ1v) is 6.94. The maximum absolute atomic E-state index is 12.3. The van der Waals surface area contributed by atoms with Gasteiger partial charge < -0.3 is 10.6 Å². The summed E-state index contributed by atoms with van der Waals surface area (Å²) in [6.07, 6.45) is 0. The van der Waals surface area contributed by atoms with Gasteiger partial charge in [-0.25, -0.2) is 8.42 Å². The van der Waals surface area contributed by atoms with Crippen molar-refractivity contribution in [1.82, 2.24) is 5.32 Å². The molecule has 0 aliphatic heterocycles. The van der Waals surface area contributed by atoms with Gasteiger partial charge in [-0.1, -0.05) is 0 Å². The summed E-state index contributed by atoms with van der Waals surface area (Å²) in [6.45, 7) is 1.61. The van der Waals surface area contributed by atoms with Gasteiger partial charge >= 0.3 is 5.76 Å². The third-order valence-corrected chi connectivity index (χ3v) is 3.84. The average Bonchev–Trinajstić information content (AvgIpc) is 2.38. The highest BCUT2D eigenvalue weighted by Gasteiger charge is 2.26.